The normalized spacial score (nSPS) is 28.4. The van der Waals surface area contributed by atoms with Crippen molar-refractivity contribution >= 4 is 11.3 Å². The third-order valence-electron chi connectivity index (χ3n) is 4.43. The summed E-state index contributed by atoms with van der Waals surface area (Å²) in [5, 5.41) is 10.6. The van der Waals surface area contributed by atoms with E-state index in [1.165, 1.54) is 0 Å². The van der Waals surface area contributed by atoms with Crippen LogP contribution in [0, 0.1) is 12.8 Å². The summed E-state index contributed by atoms with van der Waals surface area (Å²) in [6, 6.07) is 0. The second kappa shape index (κ2) is 5.48. The molecular weight excluding hydrogens is 262 g/mol. The van der Waals surface area contributed by atoms with Gasteiger partial charge in [0.05, 0.1) is 27.8 Å². The summed E-state index contributed by atoms with van der Waals surface area (Å²) in [5.74, 6) is 0.283. The molecule has 0 radical (unpaired) electrons. The zero-order valence-corrected chi connectivity index (χ0v) is 12.1. The van der Waals surface area contributed by atoms with Crippen molar-refractivity contribution in [1.29, 1.82) is 0 Å². The van der Waals surface area contributed by atoms with Gasteiger partial charge in [-0.25, -0.2) is 4.98 Å². The molecule has 19 heavy (non-hydrogen) atoms. The Labute approximate surface area is 117 Å². The number of hydrogen-bond donors (Lipinski definition) is 1. The molecule has 1 aromatic rings. The lowest BCUT2D eigenvalue weighted by atomic mass is 9.78. The van der Waals surface area contributed by atoms with E-state index in [2.05, 4.69) is 4.98 Å². The van der Waals surface area contributed by atoms with Crippen LogP contribution in [0.4, 0.5) is 0 Å². The van der Waals surface area contributed by atoms with E-state index in [-0.39, 0.29) is 11.5 Å². The van der Waals surface area contributed by atoms with E-state index in [4.69, 9.17) is 9.47 Å². The van der Waals surface area contributed by atoms with Gasteiger partial charge >= 0.3 is 0 Å². The van der Waals surface area contributed by atoms with Crippen molar-refractivity contribution in [2.24, 2.45) is 5.92 Å². The lowest BCUT2D eigenvalue weighted by molar-refractivity contribution is -0.158. The number of rotatable bonds is 2. The molecule has 2 atom stereocenters. The summed E-state index contributed by atoms with van der Waals surface area (Å²) < 4.78 is 11.5. The minimum absolute atomic E-state index is 0.0548. The zero-order chi connectivity index (χ0) is 13.3. The van der Waals surface area contributed by atoms with E-state index in [9.17, 15) is 5.11 Å². The highest BCUT2D eigenvalue weighted by Crippen LogP contribution is 2.42. The van der Waals surface area contributed by atoms with Gasteiger partial charge < -0.3 is 14.6 Å². The van der Waals surface area contributed by atoms with E-state index >= 15 is 0 Å². The molecule has 0 aromatic carbocycles. The van der Waals surface area contributed by atoms with Crippen molar-refractivity contribution in [3.63, 3.8) is 0 Å². The highest BCUT2D eigenvalue weighted by Gasteiger charge is 2.41. The van der Waals surface area contributed by atoms with Crippen LogP contribution in [-0.4, -0.2) is 35.5 Å². The van der Waals surface area contributed by atoms with E-state index < -0.39 is 6.10 Å². The highest BCUT2D eigenvalue weighted by molar-refractivity contribution is 7.09. The summed E-state index contributed by atoms with van der Waals surface area (Å²) in [4.78, 5) is 5.27. The van der Waals surface area contributed by atoms with Crippen molar-refractivity contribution in [2.45, 2.75) is 44.3 Å². The largest absolute Gasteiger partial charge is 0.387 e. The Balaban J connectivity index is 1.72. The van der Waals surface area contributed by atoms with Gasteiger partial charge in [-0.2, -0.15) is 0 Å². The average Bonchev–Trinajstić information content (AvgIpc) is 2.85. The molecule has 2 fully saturated rings. The maximum Gasteiger partial charge on any atom is 0.0930 e. The summed E-state index contributed by atoms with van der Waals surface area (Å²) in [7, 11) is 0. The van der Waals surface area contributed by atoms with Crippen molar-refractivity contribution in [2.75, 3.05) is 19.8 Å². The minimum atomic E-state index is -0.392. The third kappa shape index (κ3) is 2.70. The molecular formula is C14H21NO3S. The standard InChI is InChI=1S/C14H21NO3S/c1-10-13(19-9-15-10)12(16)11-2-5-18-14(8-11)3-6-17-7-4-14/h9,11-12,16H,2-8H2,1H3. The number of ether oxygens (including phenoxy) is 2. The molecule has 1 aromatic heterocycles. The van der Waals surface area contributed by atoms with E-state index in [0.717, 1.165) is 56.1 Å². The van der Waals surface area contributed by atoms with Crippen LogP contribution >= 0.6 is 11.3 Å². The number of aliphatic hydroxyl groups is 1. The summed E-state index contributed by atoms with van der Waals surface area (Å²) in [6.07, 6.45) is 3.39. The van der Waals surface area contributed by atoms with Gasteiger partial charge in [0.25, 0.3) is 0 Å². The van der Waals surface area contributed by atoms with Crippen LogP contribution in [0.1, 0.15) is 42.4 Å². The SMILES string of the molecule is Cc1ncsc1C(O)C1CCOC2(CCOCC2)C1. The molecule has 0 amide bonds. The second-order valence-electron chi connectivity index (χ2n) is 5.64. The van der Waals surface area contributed by atoms with Crippen LogP contribution in [0.15, 0.2) is 5.51 Å². The molecule has 0 bridgehead atoms. The lowest BCUT2D eigenvalue weighted by Crippen LogP contribution is -2.45. The maximum absolute atomic E-state index is 10.6. The van der Waals surface area contributed by atoms with Gasteiger partial charge in [-0.15, -0.1) is 11.3 Å². The molecule has 2 unspecified atom stereocenters. The van der Waals surface area contributed by atoms with E-state index in [1.54, 1.807) is 11.3 Å². The van der Waals surface area contributed by atoms with Crippen LogP contribution in [-0.2, 0) is 9.47 Å². The first-order chi connectivity index (χ1) is 9.20. The Morgan fingerprint density at radius 3 is 2.89 bits per heavy atom. The zero-order valence-electron chi connectivity index (χ0n) is 11.3. The Bertz CT molecular complexity index is 423. The van der Waals surface area contributed by atoms with Crippen molar-refractivity contribution < 1.29 is 14.6 Å². The predicted octanol–water partition coefficient (Wildman–Crippen LogP) is 2.46. The number of aromatic nitrogens is 1. The molecule has 2 aliphatic heterocycles. The van der Waals surface area contributed by atoms with Gasteiger partial charge in [-0.05, 0) is 38.5 Å². The Hall–Kier alpha value is -0.490. The topological polar surface area (TPSA) is 51.6 Å². The molecule has 3 heterocycles. The molecule has 2 aliphatic rings. The molecule has 0 aliphatic carbocycles. The average molecular weight is 283 g/mol. The van der Waals surface area contributed by atoms with Crippen LogP contribution in [0.25, 0.3) is 0 Å². The first kappa shape index (κ1) is 13.5. The fourth-order valence-corrected chi connectivity index (χ4v) is 4.12. The molecule has 2 saturated heterocycles. The molecule has 3 rings (SSSR count). The van der Waals surface area contributed by atoms with Crippen molar-refractivity contribution in [3.8, 4) is 0 Å². The van der Waals surface area contributed by atoms with Gasteiger partial charge in [-0.1, -0.05) is 0 Å². The van der Waals surface area contributed by atoms with Crippen LogP contribution in [0.3, 0.4) is 0 Å². The molecule has 0 saturated carbocycles. The molecule has 4 nitrogen and oxygen atoms in total. The molecule has 1 N–H and O–H groups in total. The molecule has 1 spiro atoms. The van der Waals surface area contributed by atoms with Gasteiger partial charge in [0.1, 0.15) is 0 Å². The van der Waals surface area contributed by atoms with Gasteiger partial charge in [-0.3, -0.25) is 0 Å². The Morgan fingerprint density at radius 1 is 1.42 bits per heavy atom. The van der Waals surface area contributed by atoms with E-state index in [1.807, 2.05) is 12.4 Å². The van der Waals surface area contributed by atoms with Crippen LogP contribution in [0.5, 0.6) is 0 Å². The molecule has 106 valence electrons. The number of aryl methyl sites for hydroxylation is 1. The fraction of sp³-hybridized carbons (Fsp3) is 0.786. The number of thiazole rings is 1. The first-order valence-corrected chi connectivity index (χ1v) is 7.88. The van der Waals surface area contributed by atoms with Crippen LogP contribution < -0.4 is 0 Å². The third-order valence-corrected chi connectivity index (χ3v) is 5.43. The monoisotopic (exact) mass is 283 g/mol. The van der Waals surface area contributed by atoms with Crippen molar-refractivity contribution in [3.05, 3.63) is 16.1 Å². The number of aliphatic hydroxyl groups excluding tert-OH is 1. The number of nitrogens with zero attached hydrogens (tertiary/aromatic N) is 1. The van der Waals surface area contributed by atoms with Crippen molar-refractivity contribution in [1.82, 2.24) is 4.98 Å². The minimum Gasteiger partial charge on any atom is -0.387 e. The first-order valence-electron chi connectivity index (χ1n) is 7.00. The lowest BCUT2D eigenvalue weighted by Gasteiger charge is -2.44. The Kier molecular flexibility index (Phi) is 3.89. The molecule has 5 heteroatoms. The quantitative estimate of drug-likeness (QED) is 0.906. The van der Waals surface area contributed by atoms with E-state index in [0.29, 0.717) is 0 Å². The number of hydrogen-bond acceptors (Lipinski definition) is 5. The summed E-state index contributed by atoms with van der Waals surface area (Å²) >= 11 is 1.56. The van der Waals surface area contributed by atoms with Gasteiger partial charge in [0, 0.05) is 19.8 Å². The summed E-state index contributed by atoms with van der Waals surface area (Å²) in [5.41, 5.74) is 2.73. The van der Waals surface area contributed by atoms with Gasteiger partial charge in [0.2, 0.25) is 0 Å². The smallest absolute Gasteiger partial charge is 0.0930 e. The predicted molar refractivity (Wildman–Crippen MR) is 73.3 cm³/mol. The second-order valence-corrected chi connectivity index (χ2v) is 6.53. The highest BCUT2D eigenvalue weighted by atomic mass is 32.1. The maximum atomic E-state index is 10.6. The van der Waals surface area contributed by atoms with Gasteiger partial charge in [0.15, 0.2) is 0 Å². The fourth-order valence-electron chi connectivity index (χ4n) is 3.24. The van der Waals surface area contributed by atoms with Crippen LogP contribution in [0.2, 0.25) is 0 Å². The summed E-state index contributed by atoms with van der Waals surface area (Å²) in [6.45, 7) is 4.28. The Morgan fingerprint density at radius 2 is 2.21 bits per heavy atom.